The van der Waals surface area contributed by atoms with Gasteiger partial charge in [0.15, 0.2) is 0 Å². The van der Waals surface area contributed by atoms with E-state index in [1.54, 1.807) is 0 Å². The topological polar surface area (TPSA) is 49.3 Å². The predicted molar refractivity (Wildman–Crippen MR) is 117 cm³/mol. The van der Waals surface area contributed by atoms with E-state index in [1.807, 2.05) is 13.8 Å². The van der Waals surface area contributed by atoms with Crippen molar-refractivity contribution >= 4 is 11.7 Å². The van der Waals surface area contributed by atoms with Crippen LogP contribution in [0.2, 0.25) is 0 Å². The van der Waals surface area contributed by atoms with E-state index >= 15 is 0 Å². The molecule has 0 N–H and O–H groups in total. The fourth-order valence-electron chi connectivity index (χ4n) is 5.91. The minimum atomic E-state index is 0.146. The summed E-state index contributed by atoms with van der Waals surface area (Å²) in [5, 5.41) is 0. The molecule has 3 heterocycles. The molecule has 0 spiro atoms. The van der Waals surface area contributed by atoms with Crippen LogP contribution in [-0.2, 0) is 4.79 Å². The third kappa shape index (κ3) is 4.08. The molecule has 1 aromatic rings. The van der Waals surface area contributed by atoms with Crippen LogP contribution in [0.1, 0.15) is 78.2 Å². The van der Waals surface area contributed by atoms with Crippen LogP contribution in [0.4, 0.5) is 5.95 Å². The Morgan fingerprint density at radius 3 is 2.14 bits per heavy atom. The third-order valence-corrected chi connectivity index (χ3v) is 7.71. The standard InChI is InChI=1S/C24H38N4O/c1-15(2)23(29)22-9-6-18(10-17(22)5)19-11-25-24(26-12-19)28-20-7-8-21(28)14-27(13-20)16(3)4/h11-12,15-18,20-22H,6-10,13-14H2,1-5H3/t17?,18-,20?,21?,22?/m1/s1. The van der Waals surface area contributed by atoms with Crippen molar-refractivity contribution in [2.45, 2.75) is 90.8 Å². The minimum absolute atomic E-state index is 0.146. The van der Waals surface area contributed by atoms with Gasteiger partial charge in [0.1, 0.15) is 5.78 Å². The first-order valence-corrected chi connectivity index (χ1v) is 11.7. The maximum absolute atomic E-state index is 12.5. The number of rotatable bonds is 5. The number of hydrogen-bond donors (Lipinski definition) is 0. The molecule has 2 aliphatic heterocycles. The molecule has 4 unspecified atom stereocenters. The number of ketones is 1. The first kappa shape index (κ1) is 20.8. The number of carbonyl (C=O) groups excluding carboxylic acids is 1. The molecule has 0 amide bonds. The molecule has 2 saturated heterocycles. The van der Waals surface area contributed by atoms with Crippen LogP contribution >= 0.6 is 0 Å². The molecule has 0 aromatic carbocycles. The lowest BCUT2D eigenvalue weighted by Gasteiger charge is -2.42. The van der Waals surface area contributed by atoms with Gasteiger partial charge in [0.05, 0.1) is 0 Å². The molecule has 29 heavy (non-hydrogen) atoms. The number of nitrogens with zero attached hydrogens (tertiary/aromatic N) is 4. The third-order valence-electron chi connectivity index (χ3n) is 7.71. The molecule has 5 atom stereocenters. The molecular weight excluding hydrogens is 360 g/mol. The molecule has 5 heteroatoms. The summed E-state index contributed by atoms with van der Waals surface area (Å²) in [6.07, 6.45) is 9.80. The zero-order chi connectivity index (χ0) is 20.7. The number of aromatic nitrogens is 2. The summed E-state index contributed by atoms with van der Waals surface area (Å²) >= 11 is 0. The molecule has 1 aromatic heterocycles. The van der Waals surface area contributed by atoms with E-state index in [2.05, 4.69) is 43.0 Å². The van der Waals surface area contributed by atoms with Crippen molar-refractivity contribution in [3.63, 3.8) is 0 Å². The highest BCUT2D eigenvalue weighted by Gasteiger charge is 2.42. The van der Waals surface area contributed by atoms with Crippen LogP contribution in [0.3, 0.4) is 0 Å². The zero-order valence-electron chi connectivity index (χ0n) is 18.8. The highest BCUT2D eigenvalue weighted by molar-refractivity contribution is 5.83. The summed E-state index contributed by atoms with van der Waals surface area (Å²) in [6, 6.07) is 1.72. The summed E-state index contributed by atoms with van der Waals surface area (Å²) in [4.78, 5) is 27.2. The molecular formula is C24H38N4O. The normalized spacial score (nSPS) is 32.9. The van der Waals surface area contributed by atoms with Gasteiger partial charge in [-0.05, 0) is 63.4 Å². The Balaban J connectivity index is 1.41. The van der Waals surface area contributed by atoms with E-state index in [4.69, 9.17) is 9.97 Å². The van der Waals surface area contributed by atoms with Gasteiger partial charge in [0.25, 0.3) is 0 Å². The van der Waals surface area contributed by atoms with Gasteiger partial charge >= 0.3 is 0 Å². The predicted octanol–water partition coefficient (Wildman–Crippen LogP) is 4.28. The van der Waals surface area contributed by atoms with E-state index in [0.717, 1.165) is 38.3 Å². The SMILES string of the molecule is CC(C)C(=O)C1CC[C@@H](c2cnc(N3C4CCC3CN(C(C)C)C4)nc2)CC1C. The number of piperazine rings is 1. The molecule has 160 valence electrons. The Morgan fingerprint density at radius 2 is 1.62 bits per heavy atom. The van der Waals surface area contributed by atoms with Crippen molar-refractivity contribution in [2.24, 2.45) is 17.8 Å². The molecule has 3 aliphatic rings. The van der Waals surface area contributed by atoms with Crippen molar-refractivity contribution in [2.75, 3.05) is 18.0 Å². The maximum atomic E-state index is 12.5. The van der Waals surface area contributed by atoms with Gasteiger partial charge < -0.3 is 4.90 Å². The summed E-state index contributed by atoms with van der Waals surface area (Å²) in [7, 11) is 0. The van der Waals surface area contributed by atoms with Crippen LogP contribution < -0.4 is 4.90 Å². The van der Waals surface area contributed by atoms with Gasteiger partial charge in [-0.15, -0.1) is 0 Å². The first-order valence-electron chi connectivity index (χ1n) is 11.7. The number of carbonyl (C=O) groups is 1. The average molecular weight is 399 g/mol. The van der Waals surface area contributed by atoms with Crippen LogP contribution in [-0.4, -0.2) is 51.9 Å². The lowest BCUT2D eigenvalue weighted by atomic mass is 9.70. The van der Waals surface area contributed by atoms with Gasteiger partial charge in [0, 0.05) is 55.4 Å². The summed E-state index contributed by atoms with van der Waals surface area (Å²) in [5.74, 6) is 2.68. The monoisotopic (exact) mass is 398 g/mol. The fraction of sp³-hybridized carbons (Fsp3) is 0.792. The zero-order valence-corrected chi connectivity index (χ0v) is 18.8. The maximum Gasteiger partial charge on any atom is 0.225 e. The Labute approximate surface area is 176 Å². The van der Waals surface area contributed by atoms with Crippen molar-refractivity contribution in [1.82, 2.24) is 14.9 Å². The van der Waals surface area contributed by atoms with E-state index in [9.17, 15) is 4.79 Å². The highest BCUT2D eigenvalue weighted by atomic mass is 16.1. The molecule has 1 aliphatic carbocycles. The van der Waals surface area contributed by atoms with Crippen LogP contribution in [0.15, 0.2) is 12.4 Å². The number of anilines is 1. The second-order valence-corrected chi connectivity index (χ2v) is 10.3. The van der Waals surface area contributed by atoms with Crippen LogP contribution in [0.5, 0.6) is 0 Å². The van der Waals surface area contributed by atoms with Crippen molar-refractivity contribution < 1.29 is 4.79 Å². The van der Waals surface area contributed by atoms with Gasteiger partial charge in [-0.1, -0.05) is 20.8 Å². The quantitative estimate of drug-likeness (QED) is 0.741. The first-order chi connectivity index (χ1) is 13.8. The second-order valence-electron chi connectivity index (χ2n) is 10.3. The van der Waals surface area contributed by atoms with Gasteiger partial charge in [-0.25, -0.2) is 9.97 Å². The molecule has 4 rings (SSSR count). The molecule has 5 nitrogen and oxygen atoms in total. The van der Waals surface area contributed by atoms with Gasteiger partial charge in [0.2, 0.25) is 5.95 Å². The fourth-order valence-corrected chi connectivity index (χ4v) is 5.91. The number of likely N-dealkylation sites (tertiary alicyclic amines) is 1. The van der Waals surface area contributed by atoms with Crippen LogP contribution in [0, 0.1) is 17.8 Å². The number of Topliss-reactive ketones (excluding diaryl/α,β-unsaturated/α-hetero) is 1. The minimum Gasteiger partial charge on any atom is -0.332 e. The summed E-state index contributed by atoms with van der Waals surface area (Å²) < 4.78 is 0. The van der Waals surface area contributed by atoms with Crippen molar-refractivity contribution in [3.8, 4) is 0 Å². The van der Waals surface area contributed by atoms with E-state index in [1.165, 1.54) is 18.4 Å². The molecule has 0 radical (unpaired) electrons. The highest BCUT2D eigenvalue weighted by Crippen LogP contribution is 2.41. The average Bonchev–Trinajstić information content (AvgIpc) is 2.96. The Kier molecular flexibility index (Phi) is 5.97. The number of hydrogen-bond acceptors (Lipinski definition) is 5. The van der Waals surface area contributed by atoms with E-state index < -0.39 is 0 Å². The molecule has 2 bridgehead atoms. The van der Waals surface area contributed by atoms with Gasteiger partial charge in [-0.2, -0.15) is 0 Å². The van der Waals surface area contributed by atoms with Crippen LogP contribution in [0.25, 0.3) is 0 Å². The second kappa shape index (κ2) is 8.33. The smallest absolute Gasteiger partial charge is 0.225 e. The Bertz CT molecular complexity index is 702. The molecule has 3 fully saturated rings. The van der Waals surface area contributed by atoms with Crippen molar-refractivity contribution in [3.05, 3.63) is 18.0 Å². The van der Waals surface area contributed by atoms with E-state index in [-0.39, 0.29) is 11.8 Å². The number of fused-ring (bicyclic) bond motifs is 2. The van der Waals surface area contributed by atoms with Crippen molar-refractivity contribution in [1.29, 1.82) is 0 Å². The lowest BCUT2D eigenvalue weighted by Crippen LogP contribution is -2.56. The largest absolute Gasteiger partial charge is 0.332 e. The lowest BCUT2D eigenvalue weighted by molar-refractivity contribution is -0.128. The summed E-state index contributed by atoms with van der Waals surface area (Å²) in [5.41, 5.74) is 1.25. The van der Waals surface area contributed by atoms with Gasteiger partial charge in [-0.3, -0.25) is 9.69 Å². The van der Waals surface area contributed by atoms with E-state index in [0.29, 0.717) is 35.7 Å². The Hall–Kier alpha value is -1.49. The Morgan fingerprint density at radius 1 is 1.00 bits per heavy atom. The summed E-state index contributed by atoms with van der Waals surface area (Å²) in [6.45, 7) is 13.2. The molecule has 1 saturated carbocycles.